The van der Waals surface area contributed by atoms with Gasteiger partial charge in [-0.05, 0) is 61.2 Å². The summed E-state index contributed by atoms with van der Waals surface area (Å²) in [5.41, 5.74) is 8.51. The number of likely N-dealkylation sites (N-methyl/N-ethyl adjacent to an activating group) is 1. The molecule has 194 valence electrons. The predicted octanol–water partition coefficient (Wildman–Crippen LogP) is 10.1. The molecular formula is C37H36N2. The number of nitrogens with zero attached hydrogens (tertiary/aromatic N) is 2. The van der Waals surface area contributed by atoms with Gasteiger partial charge in [0.1, 0.15) is 0 Å². The van der Waals surface area contributed by atoms with E-state index in [1.807, 2.05) is 19.1 Å². The van der Waals surface area contributed by atoms with Crippen LogP contribution in [-0.2, 0) is 0 Å². The lowest BCUT2D eigenvalue weighted by Crippen LogP contribution is -2.29. The molecule has 0 N–H and O–H groups in total. The van der Waals surface area contributed by atoms with Crippen molar-refractivity contribution in [1.29, 1.82) is 0 Å². The van der Waals surface area contributed by atoms with Gasteiger partial charge in [-0.1, -0.05) is 103 Å². The first-order valence-corrected chi connectivity index (χ1v) is 13.7. The van der Waals surface area contributed by atoms with E-state index in [0.29, 0.717) is 0 Å². The molecule has 0 saturated heterocycles. The Bertz CT molecular complexity index is 1680. The summed E-state index contributed by atoms with van der Waals surface area (Å²) in [6.45, 7) is 8.26. The Morgan fingerprint density at radius 1 is 0.769 bits per heavy atom. The van der Waals surface area contributed by atoms with Crippen LogP contribution in [0.15, 0.2) is 134 Å². The summed E-state index contributed by atoms with van der Waals surface area (Å²) in [5, 5.41) is 2.55. The molecule has 1 unspecified atom stereocenters. The van der Waals surface area contributed by atoms with E-state index in [9.17, 15) is 0 Å². The number of benzene rings is 4. The lowest BCUT2D eigenvalue weighted by atomic mass is 9.94. The Balaban J connectivity index is 1.69. The van der Waals surface area contributed by atoms with Crippen LogP contribution in [0.1, 0.15) is 20.3 Å². The SMILES string of the molecule is C=CC(C/C=C\C=C/C)N(C)c1ccc(-c2cccc3c2c2ccccc2n3/C=C/C)cc1-c1ccccc1. The van der Waals surface area contributed by atoms with Gasteiger partial charge < -0.3 is 9.47 Å². The highest BCUT2D eigenvalue weighted by atomic mass is 15.1. The summed E-state index contributed by atoms with van der Waals surface area (Å²) in [6.07, 6.45) is 15.6. The van der Waals surface area contributed by atoms with Gasteiger partial charge in [-0.3, -0.25) is 0 Å². The van der Waals surface area contributed by atoms with Crippen molar-refractivity contribution in [2.24, 2.45) is 0 Å². The molecule has 2 heteroatoms. The van der Waals surface area contributed by atoms with Crippen LogP contribution in [0.2, 0.25) is 0 Å². The minimum absolute atomic E-state index is 0.182. The Morgan fingerprint density at radius 3 is 2.31 bits per heavy atom. The van der Waals surface area contributed by atoms with E-state index in [-0.39, 0.29) is 6.04 Å². The van der Waals surface area contributed by atoms with Gasteiger partial charge in [-0.2, -0.15) is 0 Å². The molecule has 2 nitrogen and oxygen atoms in total. The van der Waals surface area contributed by atoms with Gasteiger partial charge in [0, 0.05) is 35.3 Å². The second kappa shape index (κ2) is 11.9. The molecule has 0 aliphatic rings. The molecule has 0 bridgehead atoms. The molecule has 1 heterocycles. The highest BCUT2D eigenvalue weighted by molar-refractivity contribution is 6.16. The number of fused-ring (bicyclic) bond motifs is 3. The summed E-state index contributed by atoms with van der Waals surface area (Å²) in [7, 11) is 2.17. The predicted molar refractivity (Wildman–Crippen MR) is 172 cm³/mol. The molecule has 0 amide bonds. The first kappa shape index (κ1) is 26.1. The molecule has 1 atom stereocenters. The van der Waals surface area contributed by atoms with Crippen molar-refractivity contribution in [1.82, 2.24) is 4.57 Å². The molecule has 39 heavy (non-hydrogen) atoms. The maximum atomic E-state index is 4.15. The van der Waals surface area contributed by atoms with Crippen molar-refractivity contribution < 1.29 is 0 Å². The molecule has 5 rings (SSSR count). The maximum Gasteiger partial charge on any atom is 0.0541 e. The average molecular weight is 509 g/mol. The number of hydrogen-bond acceptors (Lipinski definition) is 1. The van der Waals surface area contributed by atoms with Crippen LogP contribution >= 0.6 is 0 Å². The van der Waals surface area contributed by atoms with E-state index in [2.05, 4.69) is 152 Å². The zero-order valence-corrected chi connectivity index (χ0v) is 23.1. The van der Waals surface area contributed by atoms with E-state index < -0.39 is 0 Å². The van der Waals surface area contributed by atoms with Crippen LogP contribution in [0.25, 0.3) is 50.3 Å². The van der Waals surface area contributed by atoms with Crippen LogP contribution < -0.4 is 4.90 Å². The lowest BCUT2D eigenvalue weighted by Gasteiger charge is -2.29. The van der Waals surface area contributed by atoms with Gasteiger partial charge in [0.15, 0.2) is 0 Å². The Hall–Kier alpha value is -4.56. The van der Waals surface area contributed by atoms with E-state index in [1.165, 1.54) is 49.7 Å². The Kier molecular flexibility index (Phi) is 7.94. The summed E-state index contributed by atoms with van der Waals surface area (Å²) in [6, 6.07) is 33.1. The van der Waals surface area contributed by atoms with E-state index >= 15 is 0 Å². The van der Waals surface area contributed by atoms with Gasteiger partial charge in [0.05, 0.1) is 17.1 Å². The molecule has 0 aliphatic carbocycles. The normalized spacial score (nSPS) is 12.8. The highest BCUT2D eigenvalue weighted by Crippen LogP contribution is 2.40. The van der Waals surface area contributed by atoms with Crippen LogP contribution in [0.3, 0.4) is 0 Å². The molecule has 0 spiro atoms. The van der Waals surface area contributed by atoms with Crippen LogP contribution in [-0.4, -0.2) is 17.7 Å². The van der Waals surface area contributed by atoms with E-state index in [1.54, 1.807) is 0 Å². The van der Waals surface area contributed by atoms with Crippen LogP contribution in [0, 0.1) is 0 Å². The van der Waals surface area contributed by atoms with Crippen LogP contribution in [0.4, 0.5) is 5.69 Å². The fraction of sp³-hybridized carbons (Fsp3) is 0.135. The first-order valence-electron chi connectivity index (χ1n) is 13.7. The summed E-state index contributed by atoms with van der Waals surface area (Å²) < 4.78 is 2.30. The Labute approximate surface area is 232 Å². The van der Waals surface area contributed by atoms with Gasteiger partial charge >= 0.3 is 0 Å². The van der Waals surface area contributed by atoms with E-state index in [0.717, 1.165) is 6.42 Å². The molecule has 0 radical (unpaired) electrons. The standard InChI is InChI=1S/C37H36N2/c1-5-8-9-13-19-30(7-3)38(4)34-25-24-29(27-33(34)28-17-11-10-12-18-28)31-21-16-23-36-37(31)32-20-14-15-22-35(32)39(36)26-6-2/h5-18,20-27,30H,3,19H2,1-2,4H3/b8-5-,13-9-,26-6+. The van der Waals surface area contributed by atoms with Gasteiger partial charge in [0.25, 0.3) is 0 Å². The zero-order chi connectivity index (χ0) is 27.2. The number of rotatable bonds is 9. The molecule has 4 aromatic carbocycles. The van der Waals surface area contributed by atoms with Crippen molar-refractivity contribution >= 4 is 33.7 Å². The molecule has 5 aromatic rings. The van der Waals surface area contributed by atoms with Gasteiger partial charge in [0.2, 0.25) is 0 Å². The molecule has 0 saturated carbocycles. The van der Waals surface area contributed by atoms with Crippen molar-refractivity contribution in [2.75, 3.05) is 11.9 Å². The molecule has 0 aliphatic heterocycles. The number of para-hydroxylation sites is 1. The number of allylic oxidation sites excluding steroid dienone is 4. The van der Waals surface area contributed by atoms with Gasteiger partial charge in [-0.15, -0.1) is 6.58 Å². The number of anilines is 1. The van der Waals surface area contributed by atoms with Crippen molar-refractivity contribution in [2.45, 2.75) is 26.3 Å². The molecular weight excluding hydrogens is 472 g/mol. The monoisotopic (exact) mass is 508 g/mol. The summed E-state index contributed by atoms with van der Waals surface area (Å²) in [4.78, 5) is 2.34. The Morgan fingerprint density at radius 2 is 1.54 bits per heavy atom. The fourth-order valence-electron chi connectivity index (χ4n) is 5.46. The third-order valence-corrected chi connectivity index (χ3v) is 7.39. The lowest BCUT2D eigenvalue weighted by molar-refractivity contribution is 0.762. The van der Waals surface area contributed by atoms with Crippen LogP contribution in [0.5, 0.6) is 0 Å². The third-order valence-electron chi connectivity index (χ3n) is 7.39. The average Bonchev–Trinajstić information content (AvgIpc) is 3.31. The molecule has 0 fully saturated rings. The minimum atomic E-state index is 0.182. The quantitative estimate of drug-likeness (QED) is 0.142. The largest absolute Gasteiger partial charge is 0.367 e. The number of aromatic nitrogens is 1. The second-order valence-corrected chi connectivity index (χ2v) is 9.77. The summed E-state index contributed by atoms with van der Waals surface area (Å²) >= 11 is 0. The third kappa shape index (κ3) is 5.11. The second-order valence-electron chi connectivity index (χ2n) is 9.77. The van der Waals surface area contributed by atoms with Crippen molar-refractivity contribution in [3.05, 3.63) is 134 Å². The van der Waals surface area contributed by atoms with Crippen molar-refractivity contribution in [3.8, 4) is 22.3 Å². The summed E-state index contributed by atoms with van der Waals surface area (Å²) in [5.74, 6) is 0. The number of hydrogen-bond donors (Lipinski definition) is 0. The zero-order valence-electron chi connectivity index (χ0n) is 23.1. The highest BCUT2D eigenvalue weighted by Gasteiger charge is 2.18. The smallest absolute Gasteiger partial charge is 0.0541 e. The first-order chi connectivity index (χ1) is 19.2. The van der Waals surface area contributed by atoms with Crippen molar-refractivity contribution in [3.63, 3.8) is 0 Å². The van der Waals surface area contributed by atoms with E-state index in [4.69, 9.17) is 0 Å². The minimum Gasteiger partial charge on any atom is -0.367 e. The molecule has 1 aromatic heterocycles. The maximum absolute atomic E-state index is 4.15. The topological polar surface area (TPSA) is 8.17 Å². The fourth-order valence-corrected chi connectivity index (χ4v) is 5.46. The van der Waals surface area contributed by atoms with Gasteiger partial charge in [-0.25, -0.2) is 0 Å².